The average molecular weight is 274 g/mol. The second-order valence-electron chi connectivity index (χ2n) is 4.28. The van der Waals surface area contributed by atoms with Gasteiger partial charge in [0, 0.05) is 11.1 Å². The fourth-order valence-electron chi connectivity index (χ4n) is 2.15. The van der Waals surface area contributed by atoms with Gasteiger partial charge in [-0.1, -0.05) is 6.07 Å². The van der Waals surface area contributed by atoms with Crippen LogP contribution in [0, 0.1) is 5.82 Å². The largest absolute Gasteiger partial charge is 0.496 e. The van der Waals surface area contributed by atoms with Crippen LogP contribution in [-0.2, 0) is 0 Å². The number of carbonyl (C=O) groups is 1. The summed E-state index contributed by atoms with van der Waals surface area (Å²) in [7, 11) is 3.04. The molecule has 0 aliphatic rings. The van der Waals surface area contributed by atoms with Gasteiger partial charge in [-0.2, -0.15) is 0 Å². The Balaban J connectivity index is 2.79. The van der Waals surface area contributed by atoms with E-state index >= 15 is 0 Å². The number of halogens is 1. The molecule has 0 saturated heterocycles. The van der Waals surface area contributed by atoms with Crippen molar-refractivity contribution in [2.24, 2.45) is 0 Å². The molecular weight excluding hydrogens is 259 g/mol. The molecule has 2 aromatic rings. The molecule has 104 valence electrons. The van der Waals surface area contributed by atoms with E-state index in [1.807, 2.05) is 0 Å². The molecule has 0 N–H and O–H groups in total. The van der Waals surface area contributed by atoms with Crippen LogP contribution in [-0.4, -0.2) is 20.0 Å². The fraction of sp³-hybridized carbons (Fsp3) is 0.188. The van der Waals surface area contributed by atoms with E-state index in [1.54, 1.807) is 18.2 Å². The van der Waals surface area contributed by atoms with E-state index in [-0.39, 0.29) is 5.78 Å². The van der Waals surface area contributed by atoms with Crippen molar-refractivity contribution in [3.05, 3.63) is 47.8 Å². The molecule has 0 heterocycles. The highest BCUT2D eigenvalue weighted by Gasteiger charge is 2.18. The van der Waals surface area contributed by atoms with Crippen molar-refractivity contribution in [2.45, 2.75) is 6.92 Å². The maximum atomic E-state index is 13.6. The third-order valence-corrected chi connectivity index (χ3v) is 3.06. The lowest BCUT2D eigenvalue weighted by atomic mass is 9.95. The van der Waals surface area contributed by atoms with E-state index in [2.05, 4.69) is 0 Å². The SMILES string of the molecule is COc1cccc(OC)c1-c1cc(F)ccc1C(C)=O. The molecule has 3 nitrogen and oxygen atoms in total. The van der Waals surface area contributed by atoms with Crippen molar-refractivity contribution in [3.8, 4) is 22.6 Å². The lowest BCUT2D eigenvalue weighted by Gasteiger charge is -2.15. The van der Waals surface area contributed by atoms with Crippen molar-refractivity contribution in [1.82, 2.24) is 0 Å². The van der Waals surface area contributed by atoms with Gasteiger partial charge in [-0.15, -0.1) is 0 Å². The summed E-state index contributed by atoms with van der Waals surface area (Å²) in [6, 6.07) is 9.31. The van der Waals surface area contributed by atoms with E-state index in [0.717, 1.165) is 0 Å². The van der Waals surface area contributed by atoms with Crippen LogP contribution < -0.4 is 9.47 Å². The number of rotatable bonds is 4. The Kier molecular flexibility index (Phi) is 4.03. The first kappa shape index (κ1) is 14.1. The first-order valence-corrected chi connectivity index (χ1v) is 6.10. The van der Waals surface area contributed by atoms with Crippen LogP contribution in [0.2, 0.25) is 0 Å². The van der Waals surface area contributed by atoms with Crippen LogP contribution in [0.5, 0.6) is 11.5 Å². The van der Waals surface area contributed by atoms with E-state index < -0.39 is 5.82 Å². The van der Waals surface area contributed by atoms with E-state index in [4.69, 9.17) is 9.47 Å². The highest BCUT2D eigenvalue weighted by atomic mass is 19.1. The monoisotopic (exact) mass is 274 g/mol. The number of methoxy groups -OCH3 is 2. The van der Waals surface area contributed by atoms with Crippen LogP contribution in [0.1, 0.15) is 17.3 Å². The molecule has 0 unspecified atom stereocenters. The first-order chi connectivity index (χ1) is 9.58. The zero-order chi connectivity index (χ0) is 14.7. The normalized spacial score (nSPS) is 10.2. The third kappa shape index (κ3) is 2.50. The molecule has 0 spiro atoms. The van der Waals surface area contributed by atoms with Gasteiger partial charge in [0.15, 0.2) is 5.78 Å². The van der Waals surface area contributed by atoms with E-state index in [0.29, 0.717) is 28.2 Å². The Morgan fingerprint density at radius 2 is 1.65 bits per heavy atom. The van der Waals surface area contributed by atoms with Crippen molar-refractivity contribution in [2.75, 3.05) is 14.2 Å². The molecule has 0 bridgehead atoms. The minimum Gasteiger partial charge on any atom is -0.496 e. The van der Waals surface area contributed by atoms with Gasteiger partial charge in [-0.25, -0.2) is 4.39 Å². The summed E-state index contributed by atoms with van der Waals surface area (Å²) in [5, 5.41) is 0. The fourth-order valence-corrected chi connectivity index (χ4v) is 2.15. The summed E-state index contributed by atoms with van der Waals surface area (Å²) < 4.78 is 24.2. The first-order valence-electron chi connectivity index (χ1n) is 6.10. The highest BCUT2D eigenvalue weighted by molar-refractivity contribution is 6.02. The number of carbonyl (C=O) groups excluding carboxylic acids is 1. The molecule has 0 saturated carbocycles. The zero-order valence-corrected chi connectivity index (χ0v) is 11.6. The quantitative estimate of drug-likeness (QED) is 0.797. The highest BCUT2D eigenvalue weighted by Crippen LogP contribution is 2.40. The number of ketones is 1. The molecule has 2 rings (SSSR count). The van der Waals surface area contributed by atoms with Gasteiger partial charge in [0.25, 0.3) is 0 Å². The number of hydrogen-bond acceptors (Lipinski definition) is 3. The summed E-state index contributed by atoms with van der Waals surface area (Å²) in [4.78, 5) is 11.7. The molecule has 4 heteroatoms. The Labute approximate surface area is 117 Å². The number of Topliss-reactive ketones (excluding diaryl/α,β-unsaturated/α-hetero) is 1. The lowest BCUT2D eigenvalue weighted by molar-refractivity contribution is 0.101. The summed E-state index contributed by atoms with van der Waals surface area (Å²) in [5.41, 5.74) is 1.46. The Morgan fingerprint density at radius 1 is 1.05 bits per heavy atom. The van der Waals surface area contributed by atoms with Crippen molar-refractivity contribution in [3.63, 3.8) is 0 Å². The molecule has 0 amide bonds. The predicted molar refractivity (Wildman–Crippen MR) is 74.9 cm³/mol. The maximum absolute atomic E-state index is 13.6. The number of ether oxygens (including phenoxy) is 2. The molecule has 0 aliphatic heterocycles. The van der Waals surface area contributed by atoms with Gasteiger partial charge in [-0.05, 0) is 37.3 Å². The van der Waals surface area contributed by atoms with Crippen LogP contribution >= 0.6 is 0 Å². The minimum atomic E-state index is -0.419. The summed E-state index contributed by atoms with van der Waals surface area (Å²) >= 11 is 0. The molecule has 0 aromatic heterocycles. The predicted octanol–water partition coefficient (Wildman–Crippen LogP) is 3.71. The molecule has 0 fully saturated rings. The Bertz CT molecular complexity index is 628. The van der Waals surface area contributed by atoms with E-state index in [9.17, 15) is 9.18 Å². The molecule has 2 aromatic carbocycles. The van der Waals surface area contributed by atoms with Gasteiger partial charge in [0.05, 0.1) is 19.8 Å². The minimum absolute atomic E-state index is 0.145. The molecule has 0 atom stereocenters. The molecule has 0 radical (unpaired) electrons. The molecule has 20 heavy (non-hydrogen) atoms. The lowest BCUT2D eigenvalue weighted by Crippen LogP contribution is -2.00. The summed E-state index contributed by atoms with van der Waals surface area (Å²) in [6.45, 7) is 1.44. The Morgan fingerprint density at radius 3 is 2.15 bits per heavy atom. The summed E-state index contributed by atoms with van der Waals surface area (Å²) in [5.74, 6) is 0.487. The van der Waals surface area contributed by atoms with E-state index in [1.165, 1.54) is 39.3 Å². The zero-order valence-electron chi connectivity index (χ0n) is 11.6. The number of benzene rings is 2. The van der Waals surface area contributed by atoms with Gasteiger partial charge < -0.3 is 9.47 Å². The summed E-state index contributed by atoms with van der Waals surface area (Å²) in [6.07, 6.45) is 0. The molecular formula is C16H15FO3. The van der Waals surface area contributed by atoms with Crippen LogP contribution in [0.15, 0.2) is 36.4 Å². The smallest absolute Gasteiger partial charge is 0.160 e. The third-order valence-electron chi connectivity index (χ3n) is 3.06. The van der Waals surface area contributed by atoms with Gasteiger partial charge >= 0.3 is 0 Å². The van der Waals surface area contributed by atoms with Crippen LogP contribution in [0.25, 0.3) is 11.1 Å². The van der Waals surface area contributed by atoms with Gasteiger partial charge in [0.1, 0.15) is 17.3 Å². The van der Waals surface area contributed by atoms with Gasteiger partial charge in [0.2, 0.25) is 0 Å². The molecule has 0 aliphatic carbocycles. The van der Waals surface area contributed by atoms with Crippen LogP contribution in [0.3, 0.4) is 0 Å². The second-order valence-corrected chi connectivity index (χ2v) is 4.28. The number of hydrogen-bond donors (Lipinski definition) is 0. The topological polar surface area (TPSA) is 35.5 Å². The maximum Gasteiger partial charge on any atom is 0.160 e. The van der Waals surface area contributed by atoms with Gasteiger partial charge in [-0.3, -0.25) is 4.79 Å². The standard InChI is InChI=1S/C16H15FO3/c1-10(18)12-8-7-11(17)9-13(12)16-14(19-2)5-4-6-15(16)20-3/h4-9H,1-3H3. The van der Waals surface area contributed by atoms with Crippen molar-refractivity contribution in [1.29, 1.82) is 0 Å². The Hall–Kier alpha value is -2.36. The second kappa shape index (κ2) is 5.74. The average Bonchev–Trinajstić information content (AvgIpc) is 2.45. The van der Waals surface area contributed by atoms with Crippen molar-refractivity contribution >= 4 is 5.78 Å². The van der Waals surface area contributed by atoms with Crippen molar-refractivity contribution < 1.29 is 18.7 Å². The van der Waals surface area contributed by atoms with Crippen LogP contribution in [0.4, 0.5) is 4.39 Å².